The van der Waals surface area contributed by atoms with Crippen LogP contribution < -0.4 is 5.73 Å². The van der Waals surface area contributed by atoms with Gasteiger partial charge in [-0.05, 0) is 49.9 Å². The number of aromatic nitrogens is 1. The quantitative estimate of drug-likeness (QED) is 0.808. The third kappa shape index (κ3) is 3.07. The van der Waals surface area contributed by atoms with Crippen LogP contribution in [0, 0.1) is 0 Å². The number of carbonyl (C=O) groups excluding carboxylic acids is 1. The molecule has 1 atom stereocenters. The zero-order chi connectivity index (χ0) is 12.8. The monoisotopic (exact) mass is 247 g/mol. The molecule has 2 rings (SSSR count). The van der Waals surface area contributed by atoms with Crippen molar-refractivity contribution in [2.24, 2.45) is 5.73 Å². The molecule has 1 amide bonds. The number of amides is 1. The van der Waals surface area contributed by atoms with Crippen molar-refractivity contribution >= 4 is 5.91 Å². The highest BCUT2D eigenvalue weighted by Crippen LogP contribution is 2.32. The van der Waals surface area contributed by atoms with Crippen molar-refractivity contribution in [1.29, 1.82) is 0 Å². The smallest absolute Gasteiger partial charge is 0.223 e. The van der Waals surface area contributed by atoms with Gasteiger partial charge < -0.3 is 10.6 Å². The molecule has 1 fully saturated rings. The Hall–Kier alpha value is -1.42. The van der Waals surface area contributed by atoms with Crippen LogP contribution in [0.15, 0.2) is 24.5 Å². The molecule has 18 heavy (non-hydrogen) atoms. The van der Waals surface area contributed by atoms with Crippen LogP contribution in [0.2, 0.25) is 0 Å². The van der Waals surface area contributed by atoms with Crippen LogP contribution in [0.25, 0.3) is 0 Å². The third-order valence-corrected chi connectivity index (χ3v) is 3.51. The van der Waals surface area contributed by atoms with Gasteiger partial charge in [0, 0.05) is 25.4 Å². The first kappa shape index (κ1) is 13.0. The fraction of sp³-hybridized carbons (Fsp3) is 0.571. The largest absolute Gasteiger partial charge is 0.336 e. The molecule has 1 aromatic heterocycles. The molecule has 4 heteroatoms. The number of nitrogens with two attached hydrogens (primary N) is 1. The first-order chi connectivity index (χ1) is 8.83. The van der Waals surface area contributed by atoms with Crippen molar-refractivity contribution in [3.8, 4) is 0 Å². The molecule has 98 valence electrons. The van der Waals surface area contributed by atoms with Gasteiger partial charge in [0.2, 0.25) is 5.91 Å². The highest BCUT2D eigenvalue weighted by atomic mass is 16.2. The molecule has 1 aliphatic rings. The van der Waals surface area contributed by atoms with E-state index in [4.69, 9.17) is 5.73 Å². The van der Waals surface area contributed by atoms with Crippen LogP contribution in [0.5, 0.6) is 0 Å². The topological polar surface area (TPSA) is 59.2 Å². The number of carbonyl (C=O) groups is 1. The van der Waals surface area contributed by atoms with E-state index in [1.54, 1.807) is 12.4 Å². The van der Waals surface area contributed by atoms with Crippen molar-refractivity contribution in [2.45, 2.75) is 38.1 Å². The molecule has 0 aliphatic carbocycles. The van der Waals surface area contributed by atoms with Crippen molar-refractivity contribution in [1.82, 2.24) is 9.88 Å². The summed E-state index contributed by atoms with van der Waals surface area (Å²) in [5, 5.41) is 0. The number of unbranched alkanes of at least 4 members (excludes halogenated alkanes) is 1. The summed E-state index contributed by atoms with van der Waals surface area (Å²) < 4.78 is 0. The van der Waals surface area contributed by atoms with E-state index in [-0.39, 0.29) is 11.9 Å². The SMILES string of the molecule is NCCCCC(=O)N1CCCC1c1ccncc1. The lowest BCUT2D eigenvalue weighted by Gasteiger charge is -2.25. The molecule has 2 heterocycles. The summed E-state index contributed by atoms with van der Waals surface area (Å²) >= 11 is 0. The molecular weight excluding hydrogens is 226 g/mol. The molecule has 0 bridgehead atoms. The summed E-state index contributed by atoms with van der Waals surface area (Å²) in [6.07, 6.45) is 8.20. The van der Waals surface area contributed by atoms with Crippen LogP contribution in [-0.2, 0) is 4.79 Å². The minimum atomic E-state index is 0.248. The predicted octanol–water partition coefficient (Wildman–Crippen LogP) is 1.87. The first-order valence-electron chi connectivity index (χ1n) is 6.72. The molecule has 1 aromatic rings. The molecule has 0 aromatic carbocycles. The van der Waals surface area contributed by atoms with Gasteiger partial charge in [0.05, 0.1) is 6.04 Å². The maximum Gasteiger partial charge on any atom is 0.223 e. The minimum absolute atomic E-state index is 0.248. The number of pyridine rings is 1. The first-order valence-corrected chi connectivity index (χ1v) is 6.72. The number of hydrogen-bond acceptors (Lipinski definition) is 3. The van der Waals surface area contributed by atoms with Crippen LogP contribution in [0.4, 0.5) is 0 Å². The van der Waals surface area contributed by atoms with Gasteiger partial charge in [0.25, 0.3) is 0 Å². The van der Waals surface area contributed by atoms with Crippen LogP contribution >= 0.6 is 0 Å². The average molecular weight is 247 g/mol. The Kier molecular flexibility index (Phi) is 4.70. The van der Waals surface area contributed by atoms with Crippen molar-refractivity contribution in [2.75, 3.05) is 13.1 Å². The standard InChI is InChI=1S/C14H21N3O/c15-8-2-1-5-14(18)17-11-3-4-13(17)12-6-9-16-10-7-12/h6-7,9-10,13H,1-5,8,11,15H2. The van der Waals surface area contributed by atoms with E-state index in [1.165, 1.54) is 5.56 Å². The van der Waals surface area contributed by atoms with Gasteiger partial charge >= 0.3 is 0 Å². The number of rotatable bonds is 5. The normalized spacial score (nSPS) is 19.2. The van der Waals surface area contributed by atoms with Crippen LogP contribution in [0.3, 0.4) is 0 Å². The van der Waals surface area contributed by atoms with E-state index in [0.29, 0.717) is 13.0 Å². The van der Waals surface area contributed by atoms with Crippen molar-refractivity contribution < 1.29 is 4.79 Å². The minimum Gasteiger partial charge on any atom is -0.336 e. The van der Waals surface area contributed by atoms with Crippen LogP contribution in [0.1, 0.15) is 43.7 Å². The Morgan fingerprint density at radius 2 is 2.17 bits per heavy atom. The molecule has 0 spiro atoms. The summed E-state index contributed by atoms with van der Waals surface area (Å²) in [5.74, 6) is 0.266. The predicted molar refractivity (Wildman–Crippen MR) is 70.8 cm³/mol. The second kappa shape index (κ2) is 6.50. The Morgan fingerprint density at radius 1 is 1.39 bits per heavy atom. The maximum atomic E-state index is 12.2. The second-order valence-electron chi connectivity index (χ2n) is 4.77. The zero-order valence-corrected chi connectivity index (χ0v) is 10.7. The Labute approximate surface area is 108 Å². The molecular formula is C14H21N3O. The Morgan fingerprint density at radius 3 is 2.89 bits per heavy atom. The lowest BCUT2D eigenvalue weighted by atomic mass is 10.1. The molecule has 2 N–H and O–H groups in total. The average Bonchev–Trinajstić information content (AvgIpc) is 2.89. The molecule has 0 saturated carbocycles. The molecule has 4 nitrogen and oxygen atoms in total. The van der Waals surface area contributed by atoms with Gasteiger partial charge in [-0.15, -0.1) is 0 Å². The zero-order valence-electron chi connectivity index (χ0n) is 10.7. The second-order valence-corrected chi connectivity index (χ2v) is 4.77. The van der Waals surface area contributed by atoms with E-state index in [1.807, 2.05) is 17.0 Å². The van der Waals surface area contributed by atoms with Crippen molar-refractivity contribution in [3.63, 3.8) is 0 Å². The summed E-state index contributed by atoms with van der Waals surface area (Å²) in [6.45, 7) is 1.55. The summed E-state index contributed by atoms with van der Waals surface area (Å²) in [4.78, 5) is 18.2. The summed E-state index contributed by atoms with van der Waals surface area (Å²) in [5.41, 5.74) is 6.66. The molecule has 1 unspecified atom stereocenters. The lowest BCUT2D eigenvalue weighted by Crippen LogP contribution is -2.30. The van der Waals surface area contributed by atoms with Gasteiger partial charge in [0.1, 0.15) is 0 Å². The van der Waals surface area contributed by atoms with E-state index < -0.39 is 0 Å². The molecule has 1 saturated heterocycles. The fourth-order valence-corrected chi connectivity index (χ4v) is 2.56. The maximum absolute atomic E-state index is 12.2. The fourth-order valence-electron chi connectivity index (χ4n) is 2.56. The number of likely N-dealkylation sites (tertiary alicyclic amines) is 1. The van der Waals surface area contributed by atoms with Gasteiger partial charge in [-0.2, -0.15) is 0 Å². The number of hydrogen-bond donors (Lipinski definition) is 1. The van der Waals surface area contributed by atoms with Crippen molar-refractivity contribution in [3.05, 3.63) is 30.1 Å². The van der Waals surface area contributed by atoms with Gasteiger partial charge in [-0.25, -0.2) is 0 Å². The summed E-state index contributed by atoms with van der Waals surface area (Å²) in [6, 6.07) is 4.27. The summed E-state index contributed by atoms with van der Waals surface area (Å²) in [7, 11) is 0. The Bertz CT molecular complexity index is 380. The molecule has 1 aliphatic heterocycles. The molecule has 0 radical (unpaired) electrons. The lowest BCUT2D eigenvalue weighted by molar-refractivity contribution is -0.132. The van der Waals surface area contributed by atoms with E-state index in [2.05, 4.69) is 4.98 Å². The van der Waals surface area contributed by atoms with Gasteiger partial charge in [-0.1, -0.05) is 0 Å². The van der Waals surface area contributed by atoms with E-state index in [9.17, 15) is 4.79 Å². The van der Waals surface area contributed by atoms with E-state index >= 15 is 0 Å². The van der Waals surface area contributed by atoms with Gasteiger partial charge in [0.15, 0.2) is 0 Å². The third-order valence-electron chi connectivity index (χ3n) is 3.51. The highest BCUT2D eigenvalue weighted by molar-refractivity contribution is 5.77. The highest BCUT2D eigenvalue weighted by Gasteiger charge is 2.29. The number of nitrogens with zero attached hydrogens (tertiary/aromatic N) is 2. The Balaban J connectivity index is 1.97. The van der Waals surface area contributed by atoms with Crippen LogP contribution in [-0.4, -0.2) is 28.9 Å². The van der Waals surface area contributed by atoms with E-state index in [0.717, 1.165) is 32.2 Å². The van der Waals surface area contributed by atoms with Gasteiger partial charge in [-0.3, -0.25) is 9.78 Å².